The van der Waals surface area contributed by atoms with E-state index in [1.165, 1.54) is 22.9 Å². The summed E-state index contributed by atoms with van der Waals surface area (Å²) in [6.07, 6.45) is 0. The molecule has 0 spiro atoms. The Hall–Kier alpha value is -1.87. The van der Waals surface area contributed by atoms with E-state index in [4.69, 9.17) is 5.73 Å². The van der Waals surface area contributed by atoms with Crippen LogP contribution in [0.2, 0.25) is 0 Å². The van der Waals surface area contributed by atoms with Gasteiger partial charge >= 0.3 is 0 Å². The van der Waals surface area contributed by atoms with Gasteiger partial charge in [0.15, 0.2) is 0 Å². The smallest absolute Gasteiger partial charge is 0.127 e. The van der Waals surface area contributed by atoms with Crippen molar-refractivity contribution >= 4 is 5.69 Å². The summed E-state index contributed by atoms with van der Waals surface area (Å²) in [5.41, 5.74) is 10.9. The second-order valence-electron chi connectivity index (χ2n) is 5.28. The van der Waals surface area contributed by atoms with Crippen molar-refractivity contribution in [3.05, 3.63) is 64.5 Å². The number of nitrogens with two attached hydrogens (primary N) is 1. The Morgan fingerprint density at radius 3 is 2.50 bits per heavy atom. The number of rotatable bonds is 4. The molecule has 0 saturated carbocycles. The molecule has 0 heterocycles. The molecule has 0 aliphatic rings. The van der Waals surface area contributed by atoms with Crippen LogP contribution in [0.25, 0.3) is 0 Å². The van der Waals surface area contributed by atoms with Crippen LogP contribution in [0.5, 0.6) is 0 Å². The van der Waals surface area contributed by atoms with Crippen LogP contribution in [0.3, 0.4) is 0 Å². The average molecular weight is 272 g/mol. The molecule has 0 unspecified atom stereocenters. The van der Waals surface area contributed by atoms with Gasteiger partial charge in [-0.25, -0.2) is 4.39 Å². The Morgan fingerprint density at radius 1 is 1.10 bits per heavy atom. The van der Waals surface area contributed by atoms with E-state index in [2.05, 4.69) is 36.9 Å². The number of halogens is 1. The molecule has 2 aromatic rings. The zero-order chi connectivity index (χ0) is 14.7. The fraction of sp³-hybridized carbons (Fsp3) is 0.294. The molecule has 0 atom stereocenters. The largest absolute Gasteiger partial charge is 0.370 e. The first kappa shape index (κ1) is 14.5. The summed E-state index contributed by atoms with van der Waals surface area (Å²) in [6.45, 7) is 5.16. The molecule has 2 nitrogen and oxygen atoms in total. The molecular formula is C17H21FN2. The minimum Gasteiger partial charge on any atom is -0.370 e. The van der Waals surface area contributed by atoms with E-state index in [9.17, 15) is 4.39 Å². The van der Waals surface area contributed by atoms with Crippen LogP contribution in [0.1, 0.15) is 22.3 Å². The van der Waals surface area contributed by atoms with Crippen molar-refractivity contribution in [3.8, 4) is 0 Å². The second-order valence-corrected chi connectivity index (χ2v) is 5.28. The summed E-state index contributed by atoms with van der Waals surface area (Å²) in [4.78, 5) is 2.17. The Morgan fingerprint density at radius 2 is 1.85 bits per heavy atom. The van der Waals surface area contributed by atoms with Gasteiger partial charge in [-0.2, -0.15) is 0 Å². The van der Waals surface area contributed by atoms with Gasteiger partial charge in [-0.05, 0) is 43.2 Å². The lowest BCUT2D eigenvalue weighted by atomic mass is 10.1. The third kappa shape index (κ3) is 3.17. The predicted molar refractivity (Wildman–Crippen MR) is 82.3 cm³/mol. The molecule has 20 heavy (non-hydrogen) atoms. The highest BCUT2D eigenvalue weighted by atomic mass is 19.1. The molecule has 0 aliphatic carbocycles. The Balaban J connectivity index is 2.21. The van der Waals surface area contributed by atoms with E-state index in [0.717, 1.165) is 12.1 Å². The fourth-order valence-corrected chi connectivity index (χ4v) is 2.48. The van der Waals surface area contributed by atoms with Crippen LogP contribution in [-0.4, -0.2) is 7.05 Å². The molecule has 0 saturated heterocycles. The van der Waals surface area contributed by atoms with E-state index in [1.807, 2.05) is 19.2 Å². The maximum Gasteiger partial charge on any atom is 0.127 e. The van der Waals surface area contributed by atoms with Gasteiger partial charge in [0.05, 0.1) is 0 Å². The molecule has 0 bridgehead atoms. The van der Waals surface area contributed by atoms with Crippen molar-refractivity contribution in [2.24, 2.45) is 5.73 Å². The minimum atomic E-state index is -0.231. The fourth-order valence-electron chi connectivity index (χ4n) is 2.48. The summed E-state index contributed by atoms with van der Waals surface area (Å²) in [7, 11) is 2.04. The zero-order valence-corrected chi connectivity index (χ0v) is 12.3. The molecule has 0 radical (unpaired) electrons. The van der Waals surface area contributed by atoms with E-state index in [1.54, 1.807) is 0 Å². The van der Waals surface area contributed by atoms with Crippen molar-refractivity contribution in [1.29, 1.82) is 0 Å². The highest BCUT2D eigenvalue weighted by Crippen LogP contribution is 2.22. The summed E-state index contributed by atoms with van der Waals surface area (Å²) in [5.74, 6) is -0.231. The molecule has 0 aliphatic heterocycles. The molecule has 2 aromatic carbocycles. The lowest BCUT2D eigenvalue weighted by Gasteiger charge is -2.22. The molecule has 0 fully saturated rings. The van der Waals surface area contributed by atoms with Gasteiger partial charge < -0.3 is 10.6 Å². The van der Waals surface area contributed by atoms with Crippen LogP contribution >= 0.6 is 0 Å². The third-order valence-electron chi connectivity index (χ3n) is 3.51. The topological polar surface area (TPSA) is 29.3 Å². The first-order chi connectivity index (χ1) is 9.51. The SMILES string of the molecule is Cc1ccc(N(C)Cc2ccc(F)c(CN)c2)c(C)c1. The molecular weight excluding hydrogens is 251 g/mol. The highest BCUT2D eigenvalue weighted by molar-refractivity contribution is 5.54. The minimum absolute atomic E-state index is 0.229. The average Bonchev–Trinajstić information content (AvgIpc) is 2.40. The van der Waals surface area contributed by atoms with E-state index in [0.29, 0.717) is 5.56 Å². The number of benzene rings is 2. The molecule has 0 amide bonds. The molecule has 2 N–H and O–H groups in total. The van der Waals surface area contributed by atoms with E-state index in [-0.39, 0.29) is 12.4 Å². The van der Waals surface area contributed by atoms with Gasteiger partial charge in [0.25, 0.3) is 0 Å². The van der Waals surface area contributed by atoms with Crippen molar-refractivity contribution in [2.75, 3.05) is 11.9 Å². The van der Waals surface area contributed by atoms with Gasteiger partial charge in [-0.1, -0.05) is 23.8 Å². The Bertz CT molecular complexity index is 608. The van der Waals surface area contributed by atoms with Crippen molar-refractivity contribution in [1.82, 2.24) is 0 Å². The Kier molecular flexibility index (Phi) is 4.40. The van der Waals surface area contributed by atoms with Gasteiger partial charge in [-0.3, -0.25) is 0 Å². The zero-order valence-electron chi connectivity index (χ0n) is 12.3. The molecule has 106 valence electrons. The maximum absolute atomic E-state index is 13.4. The van der Waals surface area contributed by atoms with Crippen LogP contribution in [-0.2, 0) is 13.1 Å². The van der Waals surface area contributed by atoms with Crippen molar-refractivity contribution in [3.63, 3.8) is 0 Å². The molecule has 2 rings (SSSR count). The molecule has 3 heteroatoms. The van der Waals surface area contributed by atoms with Gasteiger partial charge in [-0.15, -0.1) is 0 Å². The first-order valence-corrected chi connectivity index (χ1v) is 6.77. The quantitative estimate of drug-likeness (QED) is 0.922. The van der Waals surface area contributed by atoms with Crippen LogP contribution in [0.15, 0.2) is 36.4 Å². The highest BCUT2D eigenvalue weighted by Gasteiger charge is 2.07. The maximum atomic E-state index is 13.4. The first-order valence-electron chi connectivity index (χ1n) is 6.77. The normalized spacial score (nSPS) is 10.7. The Labute approximate surface area is 120 Å². The lowest BCUT2D eigenvalue weighted by Crippen LogP contribution is -2.18. The van der Waals surface area contributed by atoms with Gasteiger partial charge in [0.1, 0.15) is 5.82 Å². The summed E-state index contributed by atoms with van der Waals surface area (Å²) < 4.78 is 13.4. The molecule has 0 aromatic heterocycles. The predicted octanol–water partition coefficient (Wildman–Crippen LogP) is 3.54. The number of anilines is 1. The van der Waals surface area contributed by atoms with E-state index >= 15 is 0 Å². The standard InChI is InChI=1S/C17H21FN2/c1-12-4-7-17(13(2)8-12)20(3)11-14-5-6-16(18)15(9-14)10-19/h4-9H,10-11,19H2,1-3H3. The lowest BCUT2D eigenvalue weighted by molar-refractivity contribution is 0.609. The van der Waals surface area contributed by atoms with Crippen LogP contribution in [0.4, 0.5) is 10.1 Å². The van der Waals surface area contributed by atoms with Crippen molar-refractivity contribution < 1.29 is 4.39 Å². The number of nitrogens with zero attached hydrogens (tertiary/aromatic N) is 1. The summed E-state index contributed by atoms with van der Waals surface area (Å²) in [6, 6.07) is 11.5. The van der Waals surface area contributed by atoms with Crippen molar-refractivity contribution in [2.45, 2.75) is 26.9 Å². The monoisotopic (exact) mass is 272 g/mol. The number of aryl methyl sites for hydroxylation is 2. The third-order valence-corrected chi connectivity index (χ3v) is 3.51. The van der Waals surface area contributed by atoms with Crippen LogP contribution in [0, 0.1) is 19.7 Å². The van der Waals surface area contributed by atoms with Crippen LogP contribution < -0.4 is 10.6 Å². The number of hydrogen-bond acceptors (Lipinski definition) is 2. The number of hydrogen-bond donors (Lipinski definition) is 1. The summed E-state index contributed by atoms with van der Waals surface area (Å²) >= 11 is 0. The van der Waals surface area contributed by atoms with Gasteiger partial charge in [0.2, 0.25) is 0 Å². The summed E-state index contributed by atoms with van der Waals surface area (Å²) in [5, 5.41) is 0. The second kappa shape index (κ2) is 6.06. The van der Waals surface area contributed by atoms with E-state index < -0.39 is 0 Å². The van der Waals surface area contributed by atoms with Gasteiger partial charge in [0, 0.05) is 31.4 Å².